The van der Waals surface area contributed by atoms with Crippen molar-refractivity contribution in [2.75, 3.05) is 20.3 Å². The zero-order valence-corrected chi connectivity index (χ0v) is 10.7. The van der Waals surface area contributed by atoms with Crippen molar-refractivity contribution < 1.29 is 33.9 Å². The largest absolute Gasteiger partial charge is 0.511 e. The molecule has 1 aromatic rings. The maximum Gasteiger partial charge on any atom is 0.511 e. The van der Waals surface area contributed by atoms with Crippen molar-refractivity contribution in [2.45, 2.75) is 0 Å². The number of carbonyl (C=O) groups is 2. The Morgan fingerprint density at radius 3 is 2.55 bits per heavy atom. The van der Waals surface area contributed by atoms with E-state index in [4.69, 9.17) is 24.4 Å². The van der Waals surface area contributed by atoms with Gasteiger partial charge in [-0.2, -0.15) is 0 Å². The van der Waals surface area contributed by atoms with E-state index in [1.54, 1.807) is 18.2 Å². The van der Waals surface area contributed by atoms with Crippen molar-refractivity contribution in [3.05, 3.63) is 24.3 Å². The van der Waals surface area contributed by atoms with Gasteiger partial charge in [0, 0.05) is 7.05 Å². The molecule has 3 N–H and O–H groups in total. The summed E-state index contributed by atoms with van der Waals surface area (Å²) in [4.78, 5) is 20.9. The van der Waals surface area contributed by atoms with Crippen LogP contribution in [0.2, 0.25) is 0 Å². The summed E-state index contributed by atoms with van der Waals surface area (Å²) in [5.74, 6) is -1.91. The SMILES string of the molecule is CNOB(OCC(=O)O)c1cccc(OCC(=O)O)c1. The summed E-state index contributed by atoms with van der Waals surface area (Å²) >= 11 is 0. The van der Waals surface area contributed by atoms with Gasteiger partial charge in [-0.15, -0.1) is 0 Å². The average molecular weight is 283 g/mol. The molecule has 1 rings (SSSR count). The number of hydroxylamine groups is 1. The number of carboxylic acids is 2. The van der Waals surface area contributed by atoms with Crippen LogP contribution in [0.5, 0.6) is 5.75 Å². The van der Waals surface area contributed by atoms with E-state index in [0.29, 0.717) is 11.2 Å². The van der Waals surface area contributed by atoms with Gasteiger partial charge < -0.3 is 24.4 Å². The molecule has 0 bridgehead atoms. The molecule has 9 heteroatoms. The molecular formula is C11H14BNO7. The van der Waals surface area contributed by atoms with Gasteiger partial charge in [0.05, 0.1) is 0 Å². The first-order valence-electron chi connectivity index (χ1n) is 5.63. The summed E-state index contributed by atoms with van der Waals surface area (Å²) in [6.07, 6.45) is 0. The number of rotatable bonds is 9. The molecule has 0 radical (unpaired) electrons. The summed E-state index contributed by atoms with van der Waals surface area (Å²) in [6, 6.07) is 6.33. The lowest BCUT2D eigenvalue weighted by atomic mass is 9.79. The summed E-state index contributed by atoms with van der Waals surface area (Å²) in [6.45, 7) is -1.01. The highest BCUT2D eigenvalue weighted by atomic mass is 16.7. The van der Waals surface area contributed by atoms with Gasteiger partial charge in [0.1, 0.15) is 12.4 Å². The fourth-order valence-electron chi connectivity index (χ4n) is 1.35. The van der Waals surface area contributed by atoms with Gasteiger partial charge in [0.25, 0.3) is 0 Å². The molecule has 20 heavy (non-hydrogen) atoms. The first-order valence-corrected chi connectivity index (χ1v) is 5.63. The maximum absolute atomic E-state index is 10.5. The fraction of sp³-hybridized carbons (Fsp3) is 0.273. The molecule has 0 fully saturated rings. The van der Waals surface area contributed by atoms with E-state index in [9.17, 15) is 9.59 Å². The lowest BCUT2D eigenvalue weighted by Crippen LogP contribution is -2.41. The van der Waals surface area contributed by atoms with Gasteiger partial charge in [-0.25, -0.2) is 15.1 Å². The lowest BCUT2D eigenvalue weighted by Gasteiger charge is -2.13. The van der Waals surface area contributed by atoms with E-state index < -0.39 is 32.3 Å². The lowest BCUT2D eigenvalue weighted by molar-refractivity contribution is -0.140. The molecule has 8 nitrogen and oxygen atoms in total. The first kappa shape index (κ1) is 16.0. The van der Waals surface area contributed by atoms with Gasteiger partial charge in [-0.3, -0.25) is 0 Å². The van der Waals surface area contributed by atoms with Gasteiger partial charge in [-0.05, 0) is 17.6 Å². The highest BCUT2D eigenvalue weighted by molar-refractivity contribution is 6.61. The molecule has 0 aliphatic carbocycles. The molecule has 0 saturated carbocycles. The molecular weight excluding hydrogens is 269 g/mol. The Kier molecular flexibility index (Phi) is 6.50. The van der Waals surface area contributed by atoms with Crippen LogP contribution in [0.1, 0.15) is 0 Å². The molecule has 108 valence electrons. The zero-order valence-electron chi connectivity index (χ0n) is 10.7. The molecule has 0 amide bonds. The minimum atomic E-state index is -1.13. The van der Waals surface area contributed by atoms with Crippen molar-refractivity contribution in [2.24, 2.45) is 0 Å². The molecule has 0 spiro atoms. The third kappa shape index (κ3) is 5.70. The fourth-order valence-corrected chi connectivity index (χ4v) is 1.35. The van der Waals surface area contributed by atoms with Crippen LogP contribution >= 0.6 is 0 Å². The zero-order chi connectivity index (χ0) is 15.0. The van der Waals surface area contributed by atoms with Crippen molar-refractivity contribution in [1.29, 1.82) is 0 Å². The monoisotopic (exact) mass is 283 g/mol. The molecule has 0 unspecified atom stereocenters. The smallest absolute Gasteiger partial charge is 0.482 e. The quantitative estimate of drug-likeness (QED) is 0.394. The van der Waals surface area contributed by atoms with Crippen LogP contribution < -0.4 is 15.7 Å². The third-order valence-corrected chi connectivity index (χ3v) is 2.08. The van der Waals surface area contributed by atoms with E-state index in [0.717, 1.165) is 0 Å². The first-order chi connectivity index (χ1) is 9.52. The second kappa shape index (κ2) is 8.15. The molecule has 0 aliphatic rings. The predicted molar refractivity (Wildman–Crippen MR) is 68.7 cm³/mol. The number of aliphatic carboxylic acids is 2. The predicted octanol–water partition coefficient (Wildman–Crippen LogP) is -0.903. The van der Waals surface area contributed by atoms with Crippen molar-refractivity contribution in [3.8, 4) is 5.75 Å². The molecule has 0 aromatic heterocycles. The van der Waals surface area contributed by atoms with E-state index >= 15 is 0 Å². The number of hydrogen-bond donors (Lipinski definition) is 3. The number of benzene rings is 1. The summed E-state index contributed by atoms with van der Waals surface area (Å²) < 4.78 is 15.1. The van der Waals surface area contributed by atoms with Crippen molar-refractivity contribution in [3.63, 3.8) is 0 Å². The molecule has 0 saturated heterocycles. The molecule has 0 atom stereocenters. The van der Waals surface area contributed by atoms with Crippen LogP contribution in [0.3, 0.4) is 0 Å². The normalized spacial score (nSPS) is 10.1. The average Bonchev–Trinajstić information content (AvgIpc) is 2.41. The number of carboxylic acid groups (broad SMARTS) is 2. The standard InChI is InChI=1S/C11H14BNO7/c1-13-20-12(19-7-11(16)17)8-3-2-4-9(5-8)18-6-10(14)15/h2-5,13H,6-7H2,1H3,(H,14,15)(H,16,17). The number of ether oxygens (including phenoxy) is 1. The van der Waals surface area contributed by atoms with E-state index in [2.05, 4.69) is 5.48 Å². The topological polar surface area (TPSA) is 114 Å². The number of nitrogens with one attached hydrogen (secondary N) is 1. The summed E-state index contributed by atoms with van der Waals surface area (Å²) in [5, 5.41) is 17.1. The van der Waals surface area contributed by atoms with Gasteiger partial charge in [-0.1, -0.05) is 12.1 Å². The Morgan fingerprint density at radius 1 is 1.25 bits per heavy atom. The molecule has 0 heterocycles. The van der Waals surface area contributed by atoms with Gasteiger partial charge in [0.2, 0.25) is 0 Å². The highest BCUT2D eigenvalue weighted by Crippen LogP contribution is 2.08. The van der Waals surface area contributed by atoms with Gasteiger partial charge in [0.15, 0.2) is 6.61 Å². The second-order valence-electron chi connectivity index (χ2n) is 3.61. The Bertz CT molecular complexity index is 468. The molecule has 1 aromatic carbocycles. The molecule has 0 aliphatic heterocycles. The minimum Gasteiger partial charge on any atom is -0.482 e. The van der Waals surface area contributed by atoms with Crippen LogP contribution in [0.25, 0.3) is 0 Å². The minimum absolute atomic E-state index is 0.313. The van der Waals surface area contributed by atoms with Crippen molar-refractivity contribution >= 4 is 24.5 Å². The van der Waals surface area contributed by atoms with Crippen LogP contribution in [-0.2, 0) is 19.0 Å². The highest BCUT2D eigenvalue weighted by Gasteiger charge is 2.23. The Hall–Kier alpha value is -2.10. The summed E-state index contributed by atoms with van der Waals surface area (Å²) in [5.41, 5.74) is 2.90. The van der Waals surface area contributed by atoms with Gasteiger partial charge >= 0.3 is 19.1 Å². The Balaban J connectivity index is 2.76. The Morgan fingerprint density at radius 2 is 1.95 bits per heavy atom. The van der Waals surface area contributed by atoms with Crippen LogP contribution in [0, 0.1) is 0 Å². The maximum atomic E-state index is 10.5. The van der Waals surface area contributed by atoms with E-state index in [1.165, 1.54) is 13.1 Å². The van der Waals surface area contributed by atoms with E-state index in [-0.39, 0.29) is 0 Å². The van der Waals surface area contributed by atoms with E-state index in [1.807, 2.05) is 0 Å². The van der Waals surface area contributed by atoms with Crippen LogP contribution in [-0.4, -0.2) is 49.5 Å². The third-order valence-electron chi connectivity index (χ3n) is 2.08. The Labute approximate surface area is 115 Å². The second-order valence-corrected chi connectivity index (χ2v) is 3.61. The summed E-state index contributed by atoms with van der Waals surface area (Å²) in [7, 11) is 0.548. The number of hydrogen-bond acceptors (Lipinski definition) is 6. The van der Waals surface area contributed by atoms with Crippen LogP contribution in [0.15, 0.2) is 24.3 Å². The van der Waals surface area contributed by atoms with Crippen molar-refractivity contribution in [1.82, 2.24) is 5.48 Å². The van der Waals surface area contributed by atoms with Crippen LogP contribution in [0.4, 0.5) is 0 Å².